The highest BCUT2D eigenvalue weighted by atomic mass is 16.3. The summed E-state index contributed by atoms with van der Waals surface area (Å²) in [6.07, 6.45) is 0.612. The molecule has 0 radical (unpaired) electrons. The van der Waals surface area contributed by atoms with Gasteiger partial charge in [-0.05, 0) is 19.3 Å². The molecule has 1 atom stereocenters. The van der Waals surface area contributed by atoms with E-state index in [9.17, 15) is 4.79 Å². The highest BCUT2D eigenvalue weighted by Gasteiger charge is 2.16. The van der Waals surface area contributed by atoms with E-state index in [0.717, 1.165) is 0 Å². The minimum atomic E-state index is -0.0698. The van der Waals surface area contributed by atoms with Crippen LogP contribution < -0.4 is 5.32 Å². The monoisotopic (exact) mass is 202 g/mol. The summed E-state index contributed by atoms with van der Waals surface area (Å²) in [6.45, 7) is 6.80. The Kier molecular flexibility index (Phi) is 6.28. The van der Waals surface area contributed by atoms with Crippen LogP contribution in [0.3, 0.4) is 0 Å². The molecule has 2 N–H and O–H groups in total. The first kappa shape index (κ1) is 13.2. The van der Waals surface area contributed by atoms with Crippen molar-refractivity contribution in [2.24, 2.45) is 5.92 Å². The highest BCUT2D eigenvalue weighted by Crippen LogP contribution is 2.05. The van der Waals surface area contributed by atoms with Gasteiger partial charge in [0, 0.05) is 26.2 Å². The van der Waals surface area contributed by atoms with Gasteiger partial charge in [0.15, 0.2) is 0 Å². The van der Waals surface area contributed by atoms with Crippen molar-refractivity contribution in [3.8, 4) is 0 Å². The Bertz CT molecular complexity index is 172. The average molecular weight is 202 g/mol. The van der Waals surface area contributed by atoms with Gasteiger partial charge in [0.05, 0.1) is 0 Å². The number of urea groups is 1. The molecule has 0 bridgehead atoms. The van der Waals surface area contributed by atoms with Crippen LogP contribution in [0.1, 0.15) is 27.2 Å². The summed E-state index contributed by atoms with van der Waals surface area (Å²) >= 11 is 0. The molecular formula is C10H22N2O2. The lowest BCUT2D eigenvalue weighted by atomic mass is 10.0. The van der Waals surface area contributed by atoms with Crippen LogP contribution in [0.4, 0.5) is 4.79 Å². The lowest BCUT2D eigenvalue weighted by Gasteiger charge is -2.24. The molecule has 4 heteroatoms. The fourth-order valence-electron chi connectivity index (χ4n) is 1.12. The van der Waals surface area contributed by atoms with Crippen molar-refractivity contribution in [2.75, 3.05) is 20.2 Å². The summed E-state index contributed by atoms with van der Waals surface area (Å²) in [7, 11) is 1.76. The number of carbonyl (C=O) groups excluding carboxylic acids is 1. The number of rotatable bonds is 5. The van der Waals surface area contributed by atoms with Gasteiger partial charge in [-0.25, -0.2) is 4.79 Å². The standard InChI is InChI=1S/C10H22N2O2/c1-5-12(4)10(14)11-9(6-7-13)8(2)3/h8-9,13H,5-7H2,1-4H3,(H,11,14). The second kappa shape index (κ2) is 6.65. The predicted molar refractivity (Wildman–Crippen MR) is 57.2 cm³/mol. The fraction of sp³-hybridized carbons (Fsp3) is 0.900. The van der Waals surface area contributed by atoms with Crippen LogP contribution in [0, 0.1) is 5.92 Å². The van der Waals surface area contributed by atoms with Crippen LogP contribution >= 0.6 is 0 Å². The molecule has 14 heavy (non-hydrogen) atoms. The molecule has 0 spiro atoms. The Balaban J connectivity index is 4.08. The number of amides is 2. The van der Waals surface area contributed by atoms with Gasteiger partial charge in [0.2, 0.25) is 0 Å². The molecule has 0 aliphatic rings. The number of aliphatic hydroxyl groups excluding tert-OH is 1. The van der Waals surface area contributed by atoms with Crippen LogP contribution in [0.15, 0.2) is 0 Å². The molecule has 0 fully saturated rings. The first-order valence-corrected chi connectivity index (χ1v) is 5.15. The average Bonchev–Trinajstić information content (AvgIpc) is 2.15. The predicted octanol–water partition coefficient (Wildman–Crippen LogP) is 1.05. The molecule has 0 saturated carbocycles. The summed E-state index contributed by atoms with van der Waals surface area (Å²) < 4.78 is 0. The zero-order chi connectivity index (χ0) is 11.1. The number of carbonyl (C=O) groups is 1. The van der Waals surface area contributed by atoms with Crippen molar-refractivity contribution >= 4 is 6.03 Å². The van der Waals surface area contributed by atoms with Gasteiger partial charge >= 0.3 is 6.03 Å². The van der Waals surface area contributed by atoms with Gasteiger partial charge in [0.25, 0.3) is 0 Å². The molecule has 1 unspecified atom stereocenters. The third-order valence-electron chi connectivity index (χ3n) is 2.37. The Morgan fingerprint density at radius 2 is 2.07 bits per heavy atom. The minimum absolute atomic E-state index is 0.0569. The molecule has 4 nitrogen and oxygen atoms in total. The molecule has 0 aromatic rings. The van der Waals surface area contributed by atoms with Crippen molar-refractivity contribution in [1.82, 2.24) is 10.2 Å². The Morgan fingerprint density at radius 3 is 2.43 bits per heavy atom. The molecule has 0 aliphatic heterocycles. The third-order valence-corrected chi connectivity index (χ3v) is 2.37. The van der Waals surface area contributed by atoms with E-state index < -0.39 is 0 Å². The van der Waals surface area contributed by atoms with Crippen molar-refractivity contribution in [3.05, 3.63) is 0 Å². The van der Waals surface area contributed by atoms with E-state index in [1.54, 1.807) is 11.9 Å². The lowest BCUT2D eigenvalue weighted by Crippen LogP contribution is -2.45. The molecule has 84 valence electrons. The maximum atomic E-state index is 11.5. The van der Waals surface area contributed by atoms with Crippen LogP contribution in [-0.4, -0.2) is 42.3 Å². The van der Waals surface area contributed by atoms with E-state index in [2.05, 4.69) is 5.32 Å². The quantitative estimate of drug-likeness (QED) is 0.700. The van der Waals surface area contributed by atoms with E-state index >= 15 is 0 Å². The van der Waals surface area contributed by atoms with Gasteiger partial charge < -0.3 is 15.3 Å². The van der Waals surface area contributed by atoms with E-state index in [-0.39, 0.29) is 18.7 Å². The largest absolute Gasteiger partial charge is 0.396 e. The number of hydrogen-bond donors (Lipinski definition) is 2. The number of hydrogen-bond acceptors (Lipinski definition) is 2. The minimum Gasteiger partial charge on any atom is -0.396 e. The second-order valence-electron chi connectivity index (χ2n) is 3.83. The van der Waals surface area contributed by atoms with Crippen molar-refractivity contribution < 1.29 is 9.90 Å². The molecule has 0 rings (SSSR count). The summed E-state index contributed by atoms with van der Waals surface area (Å²) in [5.41, 5.74) is 0. The summed E-state index contributed by atoms with van der Waals surface area (Å²) in [6, 6.07) is -0.0128. The maximum Gasteiger partial charge on any atom is 0.317 e. The molecular weight excluding hydrogens is 180 g/mol. The number of nitrogens with zero attached hydrogens (tertiary/aromatic N) is 1. The van der Waals surface area contributed by atoms with Crippen LogP contribution in [0.5, 0.6) is 0 Å². The van der Waals surface area contributed by atoms with Crippen LogP contribution in [-0.2, 0) is 0 Å². The Morgan fingerprint density at radius 1 is 1.50 bits per heavy atom. The fourth-order valence-corrected chi connectivity index (χ4v) is 1.12. The maximum absolute atomic E-state index is 11.5. The first-order valence-electron chi connectivity index (χ1n) is 5.15. The molecule has 0 aromatic heterocycles. The number of aliphatic hydroxyl groups is 1. The van der Waals surface area contributed by atoms with Crippen LogP contribution in [0.25, 0.3) is 0 Å². The zero-order valence-corrected chi connectivity index (χ0v) is 9.58. The highest BCUT2D eigenvalue weighted by molar-refractivity contribution is 5.74. The van der Waals surface area contributed by atoms with Crippen molar-refractivity contribution in [1.29, 1.82) is 0 Å². The van der Waals surface area contributed by atoms with Crippen molar-refractivity contribution in [2.45, 2.75) is 33.2 Å². The summed E-state index contributed by atoms with van der Waals surface area (Å²) in [5.74, 6) is 0.344. The van der Waals surface area contributed by atoms with E-state index in [0.29, 0.717) is 18.9 Å². The molecule has 2 amide bonds. The summed E-state index contributed by atoms with van der Waals surface area (Å²) in [4.78, 5) is 13.1. The van der Waals surface area contributed by atoms with Gasteiger partial charge in [-0.3, -0.25) is 0 Å². The first-order chi connectivity index (χ1) is 6.52. The molecule has 0 heterocycles. The lowest BCUT2D eigenvalue weighted by molar-refractivity contribution is 0.194. The Labute approximate surface area is 86.3 Å². The van der Waals surface area contributed by atoms with E-state index in [4.69, 9.17) is 5.11 Å². The number of nitrogens with one attached hydrogen (secondary N) is 1. The van der Waals surface area contributed by atoms with Gasteiger partial charge in [0.1, 0.15) is 0 Å². The zero-order valence-electron chi connectivity index (χ0n) is 9.58. The molecule has 0 aliphatic carbocycles. The topological polar surface area (TPSA) is 52.6 Å². The van der Waals surface area contributed by atoms with Gasteiger partial charge in [-0.15, -0.1) is 0 Å². The SMILES string of the molecule is CCN(C)C(=O)NC(CCO)C(C)C. The smallest absolute Gasteiger partial charge is 0.317 e. The summed E-state index contributed by atoms with van der Waals surface area (Å²) in [5, 5.41) is 11.7. The van der Waals surface area contributed by atoms with E-state index in [1.165, 1.54) is 0 Å². The van der Waals surface area contributed by atoms with Crippen molar-refractivity contribution in [3.63, 3.8) is 0 Å². The van der Waals surface area contributed by atoms with Gasteiger partial charge in [-0.1, -0.05) is 13.8 Å². The van der Waals surface area contributed by atoms with Crippen LogP contribution in [0.2, 0.25) is 0 Å². The van der Waals surface area contributed by atoms with Gasteiger partial charge in [-0.2, -0.15) is 0 Å². The Hall–Kier alpha value is -0.770. The molecule has 0 saturated heterocycles. The molecule has 0 aromatic carbocycles. The van der Waals surface area contributed by atoms with E-state index in [1.807, 2.05) is 20.8 Å². The third kappa shape index (κ3) is 4.46. The normalized spacial score (nSPS) is 12.7. The second-order valence-corrected chi connectivity index (χ2v) is 3.83.